The third-order valence-corrected chi connectivity index (χ3v) is 4.13. The second-order valence-corrected chi connectivity index (χ2v) is 5.56. The van der Waals surface area contributed by atoms with E-state index in [0.29, 0.717) is 0 Å². The number of pyridine rings is 1. The van der Waals surface area contributed by atoms with Gasteiger partial charge in [-0.05, 0) is 48.2 Å². The number of hydrogen-bond acceptors (Lipinski definition) is 3. The van der Waals surface area contributed by atoms with Gasteiger partial charge in [-0.2, -0.15) is 0 Å². The average Bonchev–Trinajstić information content (AvgIpc) is 2.76. The van der Waals surface area contributed by atoms with E-state index in [2.05, 4.69) is 58.5 Å². The SMILES string of the molecule is CCNCc1ccnc(N2CCc3ccccc3CC2)c1. The van der Waals surface area contributed by atoms with Crippen LogP contribution in [0, 0.1) is 0 Å². The summed E-state index contributed by atoms with van der Waals surface area (Å²) in [5.74, 6) is 1.11. The topological polar surface area (TPSA) is 28.2 Å². The number of benzene rings is 1. The Morgan fingerprint density at radius 3 is 2.48 bits per heavy atom. The summed E-state index contributed by atoms with van der Waals surface area (Å²) >= 11 is 0. The van der Waals surface area contributed by atoms with Crippen molar-refractivity contribution in [3.05, 3.63) is 59.3 Å². The first-order valence-electron chi connectivity index (χ1n) is 7.84. The van der Waals surface area contributed by atoms with Crippen LogP contribution in [0.5, 0.6) is 0 Å². The fourth-order valence-corrected chi connectivity index (χ4v) is 2.91. The van der Waals surface area contributed by atoms with E-state index in [1.54, 1.807) is 0 Å². The molecule has 2 aromatic rings. The molecule has 0 radical (unpaired) electrons. The number of rotatable bonds is 4. The standard InChI is InChI=1S/C18H23N3/c1-2-19-14-15-7-10-20-18(13-15)21-11-8-16-5-3-4-6-17(16)9-12-21/h3-7,10,13,19H,2,8-9,11-12,14H2,1H3. The van der Waals surface area contributed by atoms with Crippen molar-refractivity contribution in [3.63, 3.8) is 0 Å². The van der Waals surface area contributed by atoms with E-state index in [1.807, 2.05) is 6.20 Å². The quantitative estimate of drug-likeness (QED) is 0.934. The Morgan fingerprint density at radius 2 is 1.81 bits per heavy atom. The van der Waals surface area contributed by atoms with Crippen LogP contribution in [-0.4, -0.2) is 24.6 Å². The molecule has 3 rings (SSSR count). The molecule has 1 aliphatic rings. The zero-order chi connectivity index (χ0) is 14.5. The van der Waals surface area contributed by atoms with E-state index < -0.39 is 0 Å². The molecule has 21 heavy (non-hydrogen) atoms. The lowest BCUT2D eigenvalue weighted by Crippen LogP contribution is -2.27. The van der Waals surface area contributed by atoms with Crippen LogP contribution in [-0.2, 0) is 19.4 Å². The van der Waals surface area contributed by atoms with Gasteiger partial charge >= 0.3 is 0 Å². The molecule has 0 atom stereocenters. The number of aromatic nitrogens is 1. The molecule has 1 N–H and O–H groups in total. The van der Waals surface area contributed by atoms with Crippen molar-refractivity contribution in [2.24, 2.45) is 0 Å². The predicted octanol–water partition coefficient (Wildman–Crippen LogP) is 2.80. The maximum atomic E-state index is 4.57. The number of fused-ring (bicyclic) bond motifs is 1. The van der Waals surface area contributed by atoms with Crippen molar-refractivity contribution in [2.75, 3.05) is 24.5 Å². The molecule has 0 saturated carbocycles. The molecule has 3 nitrogen and oxygen atoms in total. The Kier molecular flexibility index (Phi) is 4.51. The molecule has 0 saturated heterocycles. The van der Waals surface area contributed by atoms with Crippen molar-refractivity contribution >= 4 is 5.82 Å². The monoisotopic (exact) mass is 281 g/mol. The van der Waals surface area contributed by atoms with Crippen molar-refractivity contribution in [3.8, 4) is 0 Å². The van der Waals surface area contributed by atoms with E-state index in [1.165, 1.54) is 16.7 Å². The second-order valence-electron chi connectivity index (χ2n) is 5.56. The summed E-state index contributed by atoms with van der Waals surface area (Å²) in [4.78, 5) is 6.99. The third-order valence-electron chi connectivity index (χ3n) is 4.13. The highest BCUT2D eigenvalue weighted by molar-refractivity contribution is 5.43. The molecular weight excluding hydrogens is 258 g/mol. The minimum Gasteiger partial charge on any atom is -0.356 e. The van der Waals surface area contributed by atoms with Crippen molar-refractivity contribution in [1.82, 2.24) is 10.3 Å². The van der Waals surface area contributed by atoms with E-state index in [9.17, 15) is 0 Å². The Balaban J connectivity index is 1.73. The predicted molar refractivity (Wildman–Crippen MR) is 87.7 cm³/mol. The summed E-state index contributed by atoms with van der Waals surface area (Å²) in [6, 6.07) is 13.1. The van der Waals surface area contributed by atoms with Gasteiger partial charge in [-0.25, -0.2) is 4.98 Å². The number of nitrogens with one attached hydrogen (secondary N) is 1. The summed E-state index contributed by atoms with van der Waals surface area (Å²) in [6.45, 7) is 6.15. The van der Waals surface area contributed by atoms with Gasteiger partial charge in [0.05, 0.1) is 0 Å². The fraction of sp³-hybridized carbons (Fsp3) is 0.389. The summed E-state index contributed by atoms with van der Waals surface area (Å²) in [6.07, 6.45) is 4.14. The minimum atomic E-state index is 0.917. The Labute approximate surface area is 127 Å². The van der Waals surface area contributed by atoms with E-state index in [-0.39, 0.29) is 0 Å². The van der Waals surface area contributed by atoms with Gasteiger partial charge in [-0.15, -0.1) is 0 Å². The minimum absolute atomic E-state index is 0.917. The Hall–Kier alpha value is -1.87. The smallest absolute Gasteiger partial charge is 0.128 e. The zero-order valence-electron chi connectivity index (χ0n) is 12.7. The molecule has 2 heterocycles. The zero-order valence-corrected chi connectivity index (χ0v) is 12.7. The summed E-state index contributed by atoms with van der Waals surface area (Å²) in [7, 11) is 0. The van der Waals surface area contributed by atoms with Crippen LogP contribution in [0.25, 0.3) is 0 Å². The highest BCUT2D eigenvalue weighted by atomic mass is 15.2. The first-order chi connectivity index (χ1) is 10.4. The van der Waals surface area contributed by atoms with Gasteiger partial charge in [0.2, 0.25) is 0 Å². The van der Waals surface area contributed by atoms with Gasteiger partial charge in [0, 0.05) is 25.8 Å². The van der Waals surface area contributed by atoms with Crippen LogP contribution in [0.15, 0.2) is 42.6 Å². The Morgan fingerprint density at radius 1 is 1.10 bits per heavy atom. The first-order valence-corrected chi connectivity index (χ1v) is 7.84. The molecule has 0 fully saturated rings. The van der Waals surface area contributed by atoms with E-state index in [4.69, 9.17) is 0 Å². The summed E-state index contributed by atoms with van der Waals surface area (Å²) in [5, 5.41) is 3.37. The second kappa shape index (κ2) is 6.72. The van der Waals surface area contributed by atoms with Gasteiger partial charge in [-0.1, -0.05) is 31.2 Å². The van der Waals surface area contributed by atoms with E-state index in [0.717, 1.165) is 44.8 Å². The third kappa shape index (κ3) is 3.42. The van der Waals surface area contributed by atoms with Crippen LogP contribution >= 0.6 is 0 Å². The van der Waals surface area contributed by atoms with Crippen molar-refractivity contribution in [1.29, 1.82) is 0 Å². The van der Waals surface area contributed by atoms with Crippen LogP contribution in [0.3, 0.4) is 0 Å². The lowest BCUT2D eigenvalue weighted by Gasteiger charge is -2.21. The highest BCUT2D eigenvalue weighted by Gasteiger charge is 2.14. The molecule has 0 aliphatic carbocycles. The number of hydrogen-bond donors (Lipinski definition) is 1. The molecular formula is C18H23N3. The molecule has 0 bridgehead atoms. The number of nitrogens with zero attached hydrogens (tertiary/aromatic N) is 2. The van der Waals surface area contributed by atoms with Gasteiger partial charge in [0.1, 0.15) is 5.82 Å². The largest absolute Gasteiger partial charge is 0.356 e. The molecule has 3 heteroatoms. The van der Waals surface area contributed by atoms with Crippen molar-refractivity contribution in [2.45, 2.75) is 26.3 Å². The Bertz CT molecular complexity index is 568. The molecule has 1 aromatic carbocycles. The molecule has 1 aromatic heterocycles. The molecule has 110 valence electrons. The van der Waals surface area contributed by atoms with E-state index >= 15 is 0 Å². The van der Waals surface area contributed by atoms with Crippen LogP contribution in [0.2, 0.25) is 0 Å². The van der Waals surface area contributed by atoms with Gasteiger partial charge in [0.25, 0.3) is 0 Å². The van der Waals surface area contributed by atoms with Crippen molar-refractivity contribution < 1.29 is 0 Å². The normalized spacial score (nSPS) is 14.6. The summed E-state index contributed by atoms with van der Waals surface area (Å²) < 4.78 is 0. The maximum Gasteiger partial charge on any atom is 0.128 e. The van der Waals surface area contributed by atoms with Gasteiger partial charge in [-0.3, -0.25) is 0 Å². The lowest BCUT2D eigenvalue weighted by atomic mass is 10.0. The highest BCUT2D eigenvalue weighted by Crippen LogP contribution is 2.20. The average molecular weight is 281 g/mol. The first kappa shape index (κ1) is 14.1. The summed E-state index contributed by atoms with van der Waals surface area (Å²) in [5.41, 5.74) is 4.29. The fourth-order valence-electron chi connectivity index (χ4n) is 2.91. The van der Waals surface area contributed by atoms with Crippen LogP contribution in [0.1, 0.15) is 23.6 Å². The van der Waals surface area contributed by atoms with Crippen LogP contribution < -0.4 is 10.2 Å². The van der Waals surface area contributed by atoms with Crippen LogP contribution in [0.4, 0.5) is 5.82 Å². The molecule has 0 unspecified atom stereocenters. The molecule has 1 aliphatic heterocycles. The maximum absolute atomic E-state index is 4.57. The van der Waals surface area contributed by atoms with Gasteiger partial charge < -0.3 is 10.2 Å². The van der Waals surface area contributed by atoms with Gasteiger partial charge in [0.15, 0.2) is 0 Å². The molecule has 0 spiro atoms. The molecule has 0 amide bonds. The number of anilines is 1. The lowest BCUT2D eigenvalue weighted by molar-refractivity contribution is 0.723.